The Bertz CT molecular complexity index is 997. The monoisotopic (exact) mass is 433 g/mol. The van der Waals surface area contributed by atoms with Crippen molar-refractivity contribution < 1.29 is 17.9 Å². The Kier molecular flexibility index (Phi) is 5.48. The van der Waals surface area contributed by atoms with Crippen LogP contribution in [0.1, 0.15) is 19.3 Å². The van der Waals surface area contributed by atoms with Crippen LogP contribution < -0.4 is 9.64 Å². The first-order chi connectivity index (χ1) is 14.6. The number of fused-ring (bicyclic) bond motifs is 1. The first kappa shape index (κ1) is 19.9. The highest BCUT2D eigenvalue weighted by Gasteiger charge is 2.33. The number of hydrogen-bond acceptors (Lipinski definition) is 7. The quantitative estimate of drug-likeness (QED) is 0.701. The Hall–Kier alpha value is -2.01. The van der Waals surface area contributed by atoms with Crippen molar-refractivity contribution >= 4 is 26.8 Å². The minimum Gasteiger partial charge on any atom is -0.471 e. The lowest BCUT2D eigenvalue weighted by molar-refractivity contribution is 0.139. The van der Waals surface area contributed by atoms with E-state index >= 15 is 0 Å². The molecule has 0 amide bonds. The average molecular weight is 434 g/mol. The first-order valence-corrected chi connectivity index (χ1v) is 12.0. The van der Waals surface area contributed by atoms with Crippen LogP contribution in [0, 0.1) is 0 Å². The Balaban J connectivity index is 1.32. The highest BCUT2D eigenvalue weighted by atomic mass is 32.2. The third-order valence-corrected chi connectivity index (χ3v) is 8.11. The van der Waals surface area contributed by atoms with Gasteiger partial charge in [0.2, 0.25) is 5.88 Å². The molecule has 30 heavy (non-hydrogen) atoms. The van der Waals surface area contributed by atoms with Crippen LogP contribution >= 0.6 is 0 Å². The van der Waals surface area contributed by atoms with Crippen LogP contribution in [0.3, 0.4) is 0 Å². The van der Waals surface area contributed by atoms with E-state index in [1.165, 1.54) is 6.33 Å². The van der Waals surface area contributed by atoms with Gasteiger partial charge in [0, 0.05) is 51.4 Å². The molecule has 0 saturated carbocycles. The zero-order chi connectivity index (χ0) is 20.6. The van der Waals surface area contributed by atoms with Crippen molar-refractivity contribution in [1.82, 2.24) is 18.6 Å². The molecule has 162 valence electrons. The highest BCUT2D eigenvalue weighted by Crippen LogP contribution is 2.29. The number of nitrogens with zero attached hydrogens (tertiary/aromatic N) is 5. The maximum Gasteiger partial charge on any atom is 0.282 e. The molecule has 3 saturated heterocycles. The van der Waals surface area contributed by atoms with Crippen LogP contribution in [0.25, 0.3) is 10.9 Å². The highest BCUT2D eigenvalue weighted by molar-refractivity contribution is 7.86. The molecule has 3 aliphatic heterocycles. The molecule has 1 aromatic heterocycles. The van der Waals surface area contributed by atoms with Gasteiger partial charge in [-0.2, -0.15) is 17.0 Å². The fourth-order valence-corrected chi connectivity index (χ4v) is 6.01. The number of anilines is 1. The van der Waals surface area contributed by atoms with Crippen LogP contribution in [-0.2, 0) is 14.9 Å². The molecule has 0 aliphatic carbocycles. The summed E-state index contributed by atoms with van der Waals surface area (Å²) in [7, 11) is -3.33. The molecular weight excluding hydrogens is 406 g/mol. The molecule has 3 aliphatic rings. The molecule has 0 N–H and O–H groups in total. The minimum atomic E-state index is -3.33. The summed E-state index contributed by atoms with van der Waals surface area (Å²) >= 11 is 0. The Morgan fingerprint density at radius 1 is 1.00 bits per heavy atom. The van der Waals surface area contributed by atoms with E-state index in [1.807, 2.05) is 18.2 Å². The normalized spacial score (nSPS) is 24.0. The van der Waals surface area contributed by atoms with Gasteiger partial charge in [0.15, 0.2) is 0 Å². The standard InChI is InChI=1S/C20H27N5O4S/c26-30(27,24-6-1-2-7-24)25-10-8-23(9-11-25)16-3-4-19-18(13-16)20(22-15-21-19)29-17-5-12-28-14-17/h3-4,13,15,17H,1-2,5-12,14H2. The van der Waals surface area contributed by atoms with Gasteiger partial charge in [0.1, 0.15) is 12.4 Å². The van der Waals surface area contributed by atoms with Crippen molar-refractivity contribution in [2.24, 2.45) is 0 Å². The van der Waals surface area contributed by atoms with E-state index in [1.54, 1.807) is 8.61 Å². The molecule has 0 spiro atoms. The molecule has 0 radical (unpaired) electrons. The third kappa shape index (κ3) is 3.84. The van der Waals surface area contributed by atoms with Gasteiger partial charge >= 0.3 is 0 Å². The van der Waals surface area contributed by atoms with Crippen LogP contribution in [0.2, 0.25) is 0 Å². The van der Waals surface area contributed by atoms with E-state index in [0.29, 0.717) is 58.4 Å². The number of piperazine rings is 1. The van der Waals surface area contributed by atoms with E-state index in [0.717, 1.165) is 35.9 Å². The summed E-state index contributed by atoms with van der Waals surface area (Å²) in [5, 5.41) is 0.869. The van der Waals surface area contributed by atoms with Crippen molar-refractivity contribution in [3.63, 3.8) is 0 Å². The zero-order valence-corrected chi connectivity index (χ0v) is 17.8. The van der Waals surface area contributed by atoms with Gasteiger partial charge in [0.05, 0.1) is 24.1 Å². The van der Waals surface area contributed by atoms with Gasteiger partial charge in [-0.3, -0.25) is 0 Å². The number of benzene rings is 1. The second-order valence-electron chi connectivity index (χ2n) is 7.98. The van der Waals surface area contributed by atoms with Crippen molar-refractivity contribution in [1.29, 1.82) is 0 Å². The third-order valence-electron chi connectivity index (χ3n) is 6.07. The molecule has 0 bridgehead atoms. The summed E-state index contributed by atoms with van der Waals surface area (Å²) in [6, 6.07) is 6.05. The number of rotatable bonds is 5. The maximum absolute atomic E-state index is 12.8. The predicted molar refractivity (Wildman–Crippen MR) is 113 cm³/mol. The Morgan fingerprint density at radius 3 is 2.50 bits per heavy atom. The van der Waals surface area contributed by atoms with Gasteiger partial charge in [-0.15, -0.1) is 0 Å². The molecular formula is C20H27N5O4S. The molecule has 1 aromatic carbocycles. The van der Waals surface area contributed by atoms with E-state index < -0.39 is 10.2 Å². The van der Waals surface area contributed by atoms with Crippen molar-refractivity contribution in [3.8, 4) is 5.88 Å². The fraction of sp³-hybridized carbons (Fsp3) is 0.600. The van der Waals surface area contributed by atoms with Gasteiger partial charge in [-0.25, -0.2) is 9.97 Å². The summed E-state index contributed by atoms with van der Waals surface area (Å²) in [6.45, 7) is 4.86. The lowest BCUT2D eigenvalue weighted by atomic mass is 10.2. The molecule has 3 fully saturated rings. The molecule has 9 nitrogen and oxygen atoms in total. The van der Waals surface area contributed by atoms with E-state index in [4.69, 9.17) is 9.47 Å². The summed E-state index contributed by atoms with van der Waals surface area (Å²) in [6.07, 6.45) is 4.31. The summed E-state index contributed by atoms with van der Waals surface area (Å²) in [5.41, 5.74) is 1.86. The van der Waals surface area contributed by atoms with Crippen LogP contribution in [0.15, 0.2) is 24.5 Å². The summed E-state index contributed by atoms with van der Waals surface area (Å²) in [5.74, 6) is 0.576. The summed E-state index contributed by atoms with van der Waals surface area (Å²) < 4.78 is 40.3. The zero-order valence-electron chi connectivity index (χ0n) is 16.9. The molecule has 1 atom stereocenters. The topological polar surface area (TPSA) is 88.1 Å². The Morgan fingerprint density at radius 2 is 1.77 bits per heavy atom. The minimum absolute atomic E-state index is 0.0195. The van der Waals surface area contributed by atoms with Gasteiger partial charge in [-0.1, -0.05) is 0 Å². The van der Waals surface area contributed by atoms with E-state index in [9.17, 15) is 8.42 Å². The fourth-order valence-electron chi connectivity index (χ4n) is 4.33. The number of hydrogen-bond donors (Lipinski definition) is 0. The number of aromatic nitrogens is 2. The SMILES string of the molecule is O=S(=O)(N1CCCC1)N1CCN(c2ccc3ncnc(OC4CCOC4)c3c2)CC1. The van der Waals surface area contributed by atoms with Gasteiger partial charge in [-0.05, 0) is 31.0 Å². The molecule has 2 aromatic rings. The van der Waals surface area contributed by atoms with Crippen LogP contribution in [0.5, 0.6) is 5.88 Å². The van der Waals surface area contributed by atoms with Crippen molar-refractivity contribution in [3.05, 3.63) is 24.5 Å². The average Bonchev–Trinajstić information content (AvgIpc) is 3.49. The number of ether oxygens (including phenoxy) is 2. The second-order valence-corrected chi connectivity index (χ2v) is 9.91. The van der Waals surface area contributed by atoms with Gasteiger partial charge in [0.25, 0.3) is 10.2 Å². The largest absolute Gasteiger partial charge is 0.471 e. The second kappa shape index (κ2) is 8.26. The first-order valence-electron chi connectivity index (χ1n) is 10.6. The van der Waals surface area contributed by atoms with Crippen LogP contribution in [0.4, 0.5) is 5.69 Å². The maximum atomic E-state index is 12.8. The Labute approximate surface area is 176 Å². The molecule has 10 heteroatoms. The molecule has 1 unspecified atom stereocenters. The predicted octanol–water partition coefficient (Wildman–Crippen LogP) is 1.26. The van der Waals surface area contributed by atoms with Crippen molar-refractivity contribution in [2.75, 3.05) is 57.4 Å². The lowest BCUT2D eigenvalue weighted by Crippen LogP contribution is -2.52. The van der Waals surface area contributed by atoms with Crippen molar-refractivity contribution in [2.45, 2.75) is 25.4 Å². The lowest BCUT2D eigenvalue weighted by Gasteiger charge is -2.37. The van der Waals surface area contributed by atoms with E-state index in [-0.39, 0.29) is 6.10 Å². The molecule has 4 heterocycles. The van der Waals surface area contributed by atoms with E-state index in [2.05, 4.69) is 14.9 Å². The van der Waals surface area contributed by atoms with Crippen LogP contribution in [-0.4, -0.2) is 85.6 Å². The summed E-state index contributed by atoms with van der Waals surface area (Å²) in [4.78, 5) is 10.9. The smallest absolute Gasteiger partial charge is 0.282 e. The molecule has 5 rings (SSSR count). The van der Waals surface area contributed by atoms with Gasteiger partial charge < -0.3 is 14.4 Å².